The second-order valence-corrected chi connectivity index (χ2v) is 3.41. The standard InChI is InChI=1S/C8H10OS2/c9-6-11-8-3-1-2-7(4-8)5-10/h1-4,9-10H,5-6H2. The van der Waals surface area contributed by atoms with Crippen molar-refractivity contribution in [3.63, 3.8) is 0 Å². The van der Waals surface area contributed by atoms with Crippen LogP contribution in [0.1, 0.15) is 5.56 Å². The first-order valence-corrected chi connectivity index (χ1v) is 4.92. The van der Waals surface area contributed by atoms with Crippen LogP contribution in [0, 0.1) is 0 Å². The third-order valence-electron chi connectivity index (χ3n) is 1.31. The van der Waals surface area contributed by atoms with Gasteiger partial charge in [0.2, 0.25) is 0 Å². The molecule has 0 aliphatic rings. The van der Waals surface area contributed by atoms with Crippen molar-refractivity contribution >= 4 is 24.4 Å². The maximum absolute atomic E-state index is 8.63. The van der Waals surface area contributed by atoms with Crippen molar-refractivity contribution in [1.29, 1.82) is 0 Å². The van der Waals surface area contributed by atoms with Gasteiger partial charge in [-0.25, -0.2) is 0 Å². The van der Waals surface area contributed by atoms with E-state index in [2.05, 4.69) is 12.6 Å². The summed E-state index contributed by atoms with van der Waals surface area (Å²) in [4.78, 5) is 1.10. The molecule has 0 atom stereocenters. The fraction of sp³-hybridized carbons (Fsp3) is 0.250. The van der Waals surface area contributed by atoms with Crippen molar-refractivity contribution in [2.45, 2.75) is 10.6 Å². The van der Waals surface area contributed by atoms with Crippen molar-refractivity contribution < 1.29 is 5.11 Å². The molecule has 0 saturated carbocycles. The summed E-state index contributed by atoms with van der Waals surface area (Å²) in [5.74, 6) is 0.885. The molecule has 3 heteroatoms. The molecule has 1 aromatic carbocycles. The highest BCUT2D eigenvalue weighted by Gasteiger charge is 1.93. The Morgan fingerprint density at radius 2 is 2.27 bits per heavy atom. The van der Waals surface area contributed by atoms with Gasteiger partial charge in [0.15, 0.2) is 0 Å². The lowest BCUT2D eigenvalue weighted by Crippen LogP contribution is -1.79. The van der Waals surface area contributed by atoms with Crippen LogP contribution < -0.4 is 0 Å². The Balaban J connectivity index is 2.74. The highest BCUT2D eigenvalue weighted by molar-refractivity contribution is 7.99. The van der Waals surface area contributed by atoms with Crippen molar-refractivity contribution in [3.05, 3.63) is 29.8 Å². The fourth-order valence-electron chi connectivity index (χ4n) is 0.808. The van der Waals surface area contributed by atoms with Crippen LogP contribution in [0.15, 0.2) is 29.2 Å². The van der Waals surface area contributed by atoms with Crippen LogP contribution in [-0.2, 0) is 5.75 Å². The third kappa shape index (κ3) is 2.77. The molecule has 1 nitrogen and oxygen atoms in total. The summed E-state index contributed by atoms with van der Waals surface area (Å²) < 4.78 is 0. The second kappa shape index (κ2) is 4.70. The number of aliphatic hydroxyl groups excluding tert-OH is 1. The van der Waals surface area contributed by atoms with Gasteiger partial charge >= 0.3 is 0 Å². The van der Waals surface area contributed by atoms with E-state index in [0.717, 1.165) is 10.6 Å². The van der Waals surface area contributed by atoms with Gasteiger partial charge in [-0.3, -0.25) is 0 Å². The number of aliphatic hydroxyl groups is 1. The van der Waals surface area contributed by atoms with Gasteiger partial charge in [0, 0.05) is 10.6 Å². The van der Waals surface area contributed by atoms with E-state index in [9.17, 15) is 0 Å². The van der Waals surface area contributed by atoms with Gasteiger partial charge in [0.05, 0.1) is 5.94 Å². The van der Waals surface area contributed by atoms with Crippen molar-refractivity contribution in [2.24, 2.45) is 0 Å². The predicted octanol–water partition coefficient (Wildman–Crippen LogP) is 2.16. The van der Waals surface area contributed by atoms with Crippen molar-refractivity contribution in [1.82, 2.24) is 0 Å². The van der Waals surface area contributed by atoms with Gasteiger partial charge in [0.25, 0.3) is 0 Å². The van der Waals surface area contributed by atoms with Crippen LogP contribution in [0.4, 0.5) is 0 Å². The largest absolute Gasteiger partial charge is 0.385 e. The first-order chi connectivity index (χ1) is 5.36. The van der Waals surface area contributed by atoms with Crippen LogP contribution in [0.25, 0.3) is 0 Å². The average Bonchev–Trinajstić information content (AvgIpc) is 2.06. The lowest BCUT2D eigenvalue weighted by atomic mass is 10.2. The molecule has 0 aliphatic carbocycles. The smallest absolute Gasteiger partial charge is 0.0932 e. The van der Waals surface area contributed by atoms with E-state index in [1.54, 1.807) is 0 Å². The SMILES string of the molecule is OCSc1cccc(CS)c1. The molecule has 11 heavy (non-hydrogen) atoms. The predicted molar refractivity (Wildman–Crippen MR) is 52.1 cm³/mol. The van der Waals surface area contributed by atoms with Crippen LogP contribution >= 0.6 is 24.4 Å². The van der Waals surface area contributed by atoms with Crippen LogP contribution in [0.5, 0.6) is 0 Å². The molecule has 0 heterocycles. The molecule has 1 aromatic rings. The summed E-state index contributed by atoms with van der Waals surface area (Å²) >= 11 is 5.58. The highest BCUT2D eigenvalue weighted by atomic mass is 32.2. The Morgan fingerprint density at radius 3 is 2.91 bits per heavy atom. The van der Waals surface area contributed by atoms with E-state index >= 15 is 0 Å². The zero-order valence-electron chi connectivity index (χ0n) is 6.03. The van der Waals surface area contributed by atoms with Gasteiger partial charge in [0.1, 0.15) is 0 Å². The molecule has 1 N–H and O–H groups in total. The summed E-state index contributed by atoms with van der Waals surface area (Å²) in [6, 6.07) is 8.01. The Hall–Kier alpha value is -0.120. The Bertz CT molecular complexity index is 225. The van der Waals surface area contributed by atoms with E-state index in [-0.39, 0.29) is 5.94 Å². The Morgan fingerprint density at radius 1 is 1.45 bits per heavy atom. The first-order valence-electron chi connectivity index (χ1n) is 3.30. The molecule has 0 saturated heterocycles. The Labute approximate surface area is 76.2 Å². The lowest BCUT2D eigenvalue weighted by molar-refractivity contribution is 0.375. The molecule has 0 bridgehead atoms. The number of hydrogen-bond acceptors (Lipinski definition) is 3. The minimum absolute atomic E-state index is 0.135. The van der Waals surface area contributed by atoms with Crippen LogP contribution in [-0.4, -0.2) is 11.0 Å². The molecule has 0 fully saturated rings. The Kier molecular flexibility index (Phi) is 3.83. The maximum Gasteiger partial charge on any atom is 0.0932 e. The van der Waals surface area contributed by atoms with Gasteiger partial charge in [-0.1, -0.05) is 23.9 Å². The fourth-order valence-corrected chi connectivity index (χ4v) is 1.56. The highest BCUT2D eigenvalue weighted by Crippen LogP contribution is 2.18. The van der Waals surface area contributed by atoms with E-state index in [0.29, 0.717) is 0 Å². The van der Waals surface area contributed by atoms with Gasteiger partial charge in [-0.05, 0) is 17.7 Å². The number of hydrogen-bond donors (Lipinski definition) is 2. The van der Waals surface area contributed by atoms with Crippen molar-refractivity contribution in [2.75, 3.05) is 5.94 Å². The summed E-state index contributed by atoms with van der Waals surface area (Å²) in [5.41, 5.74) is 1.19. The number of rotatable bonds is 3. The summed E-state index contributed by atoms with van der Waals surface area (Å²) in [5, 5.41) is 8.63. The molecular weight excluding hydrogens is 176 g/mol. The van der Waals surface area contributed by atoms with Crippen molar-refractivity contribution in [3.8, 4) is 0 Å². The zero-order chi connectivity index (χ0) is 8.10. The van der Waals surface area contributed by atoms with E-state index in [1.807, 2.05) is 24.3 Å². The average molecular weight is 186 g/mol. The number of benzene rings is 1. The molecule has 60 valence electrons. The second-order valence-electron chi connectivity index (χ2n) is 2.08. The minimum atomic E-state index is 0.135. The molecule has 0 amide bonds. The number of thioether (sulfide) groups is 1. The van der Waals surface area contributed by atoms with Gasteiger partial charge in [-0.2, -0.15) is 12.6 Å². The summed E-state index contributed by atoms with van der Waals surface area (Å²) in [6.07, 6.45) is 0. The van der Waals surface area contributed by atoms with E-state index in [1.165, 1.54) is 17.3 Å². The number of thiol groups is 1. The zero-order valence-corrected chi connectivity index (χ0v) is 7.74. The summed E-state index contributed by atoms with van der Waals surface area (Å²) in [7, 11) is 0. The quantitative estimate of drug-likeness (QED) is 0.428. The molecule has 0 unspecified atom stereocenters. The topological polar surface area (TPSA) is 20.2 Å². The summed E-state index contributed by atoms with van der Waals surface area (Å²) in [6.45, 7) is 0. The molecule has 0 aliphatic heterocycles. The van der Waals surface area contributed by atoms with E-state index < -0.39 is 0 Å². The van der Waals surface area contributed by atoms with E-state index in [4.69, 9.17) is 5.11 Å². The molecule has 1 rings (SSSR count). The molecule has 0 spiro atoms. The molecular formula is C8H10OS2. The maximum atomic E-state index is 8.63. The third-order valence-corrected chi connectivity index (χ3v) is 2.39. The van der Waals surface area contributed by atoms with Crippen LogP contribution in [0.3, 0.4) is 0 Å². The van der Waals surface area contributed by atoms with Crippen LogP contribution in [0.2, 0.25) is 0 Å². The lowest BCUT2D eigenvalue weighted by Gasteiger charge is -1.99. The molecule has 0 aromatic heterocycles. The minimum Gasteiger partial charge on any atom is -0.385 e. The first kappa shape index (κ1) is 8.97. The van der Waals surface area contributed by atoms with Gasteiger partial charge in [-0.15, -0.1) is 0 Å². The van der Waals surface area contributed by atoms with Gasteiger partial charge < -0.3 is 5.11 Å². The monoisotopic (exact) mass is 186 g/mol. The molecule has 0 radical (unpaired) electrons. The normalized spacial score (nSPS) is 10.0.